The highest BCUT2D eigenvalue weighted by Gasteiger charge is 2.36. The van der Waals surface area contributed by atoms with E-state index in [1.807, 2.05) is 6.07 Å². The van der Waals surface area contributed by atoms with Gasteiger partial charge >= 0.3 is 0 Å². The first-order valence-corrected chi connectivity index (χ1v) is 9.04. The minimum atomic E-state index is -0.314. The molecule has 0 unspecified atom stereocenters. The van der Waals surface area contributed by atoms with E-state index < -0.39 is 0 Å². The molecule has 24 heavy (non-hydrogen) atoms. The van der Waals surface area contributed by atoms with Crippen LogP contribution in [0.15, 0.2) is 36.4 Å². The monoisotopic (exact) mass is 327 g/mol. The minimum Gasteiger partial charge on any atom is -0.300 e. The zero-order valence-electron chi connectivity index (χ0n) is 14.0. The Labute approximate surface area is 143 Å². The van der Waals surface area contributed by atoms with E-state index >= 15 is 0 Å². The van der Waals surface area contributed by atoms with E-state index in [1.165, 1.54) is 19.4 Å². The molecule has 3 atom stereocenters. The molecule has 1 heterocycles. The minimum absolute atomic E-state index is 0.190. The van der Waals surface area contributed by atoms with Gasteiger partial charge in [0, 0.05) is 51.4 Å². The van der Waals surface area contributed by atoms with Crippen molar-refractivity contribution in [1.29, 1.82) is 0 Å². The highest BCUT2D eigenvalue weighted by Crippen LogP contribution is 2.43. The number of allylic oxidation sites excluding steroid dienone is 2. The fourth-order valence-electron chi connectivity index (χ4n) is 4.59. The van der Waals surface area contributed by atoms with Crippen LogP contribution in [0, 0.1) is 27.9 Å². The van der Waals surface area contributed by atoms with Gasteiger partial charge in [0.25, 0.3) is 5.69 Å². The molecule has 1 aliphatic heterocycles. The Morgan fingerprint density at radius 3 is 2.54 bits per heavy atom. The maximum Gasteiger partial charge on any atom is 0.269 e. The van der Waals surface area contributed by atoms with Gasteiger partial charge in [0.2, 0.25) is 0 Å². The van der Waals surface area contributed by atoms with Gasteiger partial charge < -0.3 is 4.90 Å². The van der Waals surface area contributed by atoms with Crippen LogP contribution in [0.25, 0.3) is 0 Å². The summed E-state index contributed by atoms with van der Waals surface area (Å²) in [6.07, 6.45) is 7.63. The van der Waals surface area contributed by atoms with E-state index in [1.54, 1.807) is 18.2 Å². The molecule has 5 heteroatoms. The van der Waals surface area contributed by atoms with Crippen LogP contribution in [0.2, 0.25) is 0 Å². The smallest absolute Gasteiger partial charge is 0.269 e. The van der Waals surface area contributed by atoms with Crippen molar-refractivity contribution >= 4 is 5.69 Å². The highest BCUT2D eigenvalue weighted by atomic mass is 16.6. The van der Waals surface area contributed by atoms with Crippen LogP contribution in [0.5, 0.6) is 0 Å². The third-order valence-electron chi connectivity index (χ3n) is 5.90. The Hall–Kier alpha value is -1.72. The Bertz CT molecular complexity index is 637. The molecule has 2 bridgehead atoms. The van der Waals surface area contributed by atoms with E-state index in [0.29, 0.717) is 0 Å². The first-order valence-electron chi connectivity index (χ1n) is 9.04. The topological polar surface area (TPSA) is 49.6 Å². The normalized spacial score (nSPS) is 30.1. The summed E-state index contributed by atoms with van der Waals surface area (Å²) in [5.74, 6) is 2.55. The first kappa shape index (κ1) is 15.8. The maximum absolute atomic E-state index is 10.9. The van der Waals surface area contributed by atoms with Gasteiger partial charge in [-0.05, 0) is 36.2 Å². The molecule has 1 aromatic rings. The summed E-state index contributed by atoms with van der Waals surface area (Å²) >= 11 is 0. The molecule has 1 aromatic carbocycles. The number of nitro benzene ring substituents is 1. The summed E-state index contributed by atoms with van der Waals surface area (Å²) in [6, 6.07) is 7.03. The number of benzene rings is 1. The number of hydrogen-bond donors (Lipinski definition) is 0. The summed E-state index contributed by atoms with van der Waals surface area (Å²) in [4.78, 5) is 15.6. The third kappa shape index (κ3) is 3.37. The Balaban J connectivity index is 1.26. The van der Waals surface area contributed by atoms with E-state index in [9.17, 15) is 10.1 Å². The molecule has 1 saturated heterocycles. The molecule has 0 spiro atoms. The predicted octanol–water partition coefficient (Wildman–Crippen LogP) is 2.92. The standard InChI is InChI=1S/C19H25N3O2/c23-22(24)19-3-1-2-16(12-19)13-20-6-8-21(9-7-20)14-18-11-15-4-5-17(18)10-15/h1-5,12,15,17-18H,6-11,13-14H2/t15-,17+,18-/m1/s1. The number of piperazine rings is 1. The molecular weight excluding hydrogens is 302 g/mol. The lowest BCUT2D eigenvalue weighted by Gasteiger charge is -2.37. The molecule has 0 N–H and O–H groups in total. The Morgan fingerprint density at radius 1 is 1.08 bits per heavy atom. The van der Waals surface area contributed by atoms with Gasteiger partial charge in [0.05, 0.1) is 4.92 Å². The summed E-state index contributed by atoms with van der Waals surface area (Å²) in [5, 5.41) is 10.9. The zero-order valence-corrected chi connectivity index (χ0v) is 14.0. The van der Waals surface area contributed by atoms with Gasteiger partial charge in [-0.3, -0.25) is 15.0 Å². The molecule has 0 aromatic heterocycles. The van der Waals surface area contributed by atoms with Crippen molar-refractivity contribution in [3.63, 3.8) is 0 Å². The number of non-ortho nitro benzene ring substituents is 1. The summed E-state index contributed by atoms with van der Waals surface area (Å²) in [5.41, 5.74) is 1.23. The largest absolute Gasteiger partial charge is 0.300 e. The van der Waals surface area contributed by atoms with Gasteiger partial charge in [0.15, 0.2) is 0 Å². The molecule has 2 fully saturated rings. The number of nitro groups is 1. The van der Waals surface area contributed by atoms with Crippen LogP contribution >= 0.6 is 0 Å². The van der Waals surface area contributed by atoms with Gasteiger partial charge in [-0.1, -0.05) is 24.3 Å². The fraction of sp³-hybridized carbons (Fsp3) is 0.579. The van der Waals surface area contributed by atoms with Gasteiger partial charge in [0.1, 0.15) is 0 Å². The van der Waals surface area contributed by atoms with Crippen LogP contribution < -0.4 is 0 Å². The van der Waals surface area contributed by atoms with Crippen molar-refractivity contribution in [2.45, 2.75) is 19.4 Å². The maximum atomic E-state index is 10.9. The second kappa shape index (κ2) is 6.65. The molecule has 1 saturated carbocycles. The summed E-state index contributed by atoms with van der Waals surface area (Å²) < 4.78 is 0. The van der Waals surface area contributed by atoms with Crippen LogP contribution in [0.3, 0.4) is 0 Å². The third-order valence-corrected chi connectivity index (χ3v) is 5.90. The van der Waals surface area contributed by atoms with Crippen molar-refractivity contribution in [2.75, 3.05) is 32.7 Å². The Morgan fingerprint density at radius 2 is 1.88 bits per heavy atom. The van der Waals surface area contributed by atoms with Gasteiger partial charge in [-0.25, -0.2) is 0 Å². The summed E-state index contributed by atoms with van der Waals surface area (Å²) in [7, 11) is 0. The van der Waals surface area contributed by atoms with Crippen LogP contribution in [-0.2, 0) is 6.54 Å². The number of nitrogens with zero attached hydrogens (tertiary/aromatic N) is 3. The van der Waals surface area contributed by atoms with Crippen LogP contribution in [0.4, 0.5) is 5.69 Å². The molecule has 2 aliphatic carbocycles. The molecule has 0 radical (unpaired) electrons. The quantitative estimate of drug-likeness (QED) is 0.474. The lowest BCUT2D eigenvalue weighted by molar-refractivity contribution is -0.384. The van der Waals surface area contributed by atoms with E-state index in [2.05, 4.69) is 22.0 Å². The zero-order chi connectivity index (χ0) is 16.5. The molecule has 5 nitrogen and oxygen atoms in total. The molecule has 4 rings (SSSR count). The van der Waals surface area contributed by atoms with E-state index in [0.717, 1.165) is 56.0 Å². The van der Waals surface area contributed by atoms with Gasteiger partial charge in [-0.2, -0.15) is 0 Å². The van der Waals surface area contributed by atoms with Crippen molar-refractivity contribution in [3.05, 3.63) is 52.1 Å². The fourth-order valence-corrected chi connectivity index (χ4v) is 4.59. The molecule has 128 valence electrons. The molecular formula is C19H25N3O2. The average Bonchev–Trinajstić information content (AvgIpc) is 3.20. The average molecular weight is 327 g/mol. The van der Waals surface area contributed by atoms with Crippen LogP contribution in [0.1, 0.15) is 18.4 Å². The SMILES string of the molecule is O=[N+]([O-])c1cccc(CN2CCN(C[C@H]3C[C@@H]4C=C[C@H]3C4)CC2)c1. The van der Waals surface area contributed by atoms with Crippen molar-refractivity contribution in [1.82, 2.24) is 9.80 Å². The van der Waals surface area contributed by atoms with Crippen molar-refractivity contribution < 1.29 is 4.92 Å². The first-order chi connectivity index (χ1) is 11.7. The van der Waals surface area contributed by atoms with Crippen molar-refractivity contribution in [3.8, 4) is 0 Å². The second-order valence-corrected chi connectivity index (χ2v) is 7.54. The van der Waals surface area contributed by atoms with E-state index in [4.69, 9.17) is 0 Å². The number of fused-ring (bicyclic) bond motifs is 2. The predicted molar refractivity (Wildman–Crippen MR) is 93.7 cm³/mol. The molecule has 0 amide bonds. The lowest BCUT2D eigenvalue weighted by Crippen LogP contribution is -2.47. The highest BCUT2D eigenvalue weighted by molar-refractivity contribution is 5.34. The van der Waals surface area contributed by atoms with Crippen molar-refractivity contribution in [2.24, 2.45) is 17.8 Å². The second-order valence-electron chi connectivity index (χ2n) is 7.54. The molecule has 3 aliphatic rings. The van der Waals surface area contributed by atoms with Gasteiger partial charge in [-0.15, -0.1) is 0 Å². The Kier molecular flexibility index (Phi) is 4.37. The van der Waals surface area contributed by atoms with Crippen LogP contribution in [-0.4, -0.2) is 47.4 Å². The lowest BCUT2D eigenvalue weighted by atomic mass is 9.93. The van der Waals surface area contributed by atoms with E-state index in [-0.39, 0.29) is 10.6 Å². The number of rotatable bonds is 5. The summed E-state index contributed by atoms with van der Waals surface area (Å²) in [6.45, 7) is 6.40. The number of hydrogen-bond acceptors (Lipinski definition) is 4.